The third-order valence-electron chi connectivity index (χ3n) is 2.56. The fraction of sp³-hybridized carbons (Fsp3) is 0.167. The number of sulfonamides is 1. The number of furan rings is 1. The zero-order valence-corrected chi connectivity index (χ0v) is 11.3. The monoisotopic (exact) mass is 296 g/mol. The Morgan fingerprint density at radius 3 is 2.65 bits per heavy atom. The molecular formula is C12H12N2O5S. The first-order chi connectivity index (χ1) is 9.40. The Balaban J connectivity index is 2.20. The summed E-state index contributed by atoms with van der Waals surface area (Å²) in [5.41, 5.74) is -0.0805. The van der Waals surface area contributed by atoms with Crippen LogP contribution in [-0.4, -0.2) is 24.5 Å². The molecule has 1 atom stereocenters. The van der Waals surface area contributed by atoms with E-state index in [0.717, 1.165) is 12.3 Å². The Kier molecular flexibility index (Phi) is 3.86. The molecule has 2 rings (SSSR count). The van der Waals surface area contributed by atoms with Crippen molar-refractivity contribution < 1.29 is 22.7 Å². The maximum Gasteiger partial charge on any atom is 0.337 e. The Morgan fingerprint density at radius 1 is 1.40 bits per heavy atom. The highest BCUT2D eigenvalue weighted by Crippen LogP contribution is 2.16. The van der Waals surface area contributed by atoms with E-state index >= 15 is 0 Å². The van der Waals surface area contributed by atoms with Crippen molar-refractivity contribution in [2.45, 2.75) is 18.0 Å². The Hall–Kier alpha value is -2.19. The second-order valence-corrected chi connectivity index (χ2v) is 5.71. The molecule has 2 heterocycles. The van der Waals surface area contributed by atoms with Gasteiger partial charge in [0.05, 0.1) is 17.9 Å². The van der Waals surface area contributed by atoms with Crippen LogP contribution in [0.1, 0.15) is 29.1 Å². The first-order valence-electron chi connectivity index (χ1n) is 5.65. The average molecular weight is 296 g/mol. The molecule has 0 amide bonds. The van der Waals surface area contributed by atoms with Gasteiger partial charge in [0.15, 0.2) is 5.03 Å². The van der Waals surface area contributed by atoms with E-state index in [4.69, 9.17) is 9.52 Å². The summed E-state index contributed by atoms with van der Waals surface area (Å²) in [6.45, 7) is 1.63. The molecule has 0 aliphatic carbocycles. The number of pyridine rings is 1. The first kappa shape index (κ1) is 14.2. The minimum absolute atomic E-state index is 0.0805. The molecule has 0 bridgehead atoms. The summed E-state index contributed by atoms with van der Waals surface area (Å²) in [7, 11) is -3.84. The lowest BCUT2D eigenvalue weighted by atomic mass is 10.3. The highest BCUT2D eigenvalue weighted by Gasteiger charge is 2.21. The number of nitrogens with one attached hydrogen (secondary N) is 1. The van der Waals surface area contributed by atoms with Crippen molar-refractivity contribution in [1.82, 2.24) is 9.71 Å². The van der Waals surface area contributed by atoms with Gasteiger partial charge in [-0.3, -0.25) is 0 Å². The van der Waals surface area contributed by atoms with E-state index in [1.54, 1.807) is 19.1 Å². The number of carbonyl (C=O) groups is 1. The van der Waals surface area contributed by atoms with Crippen LogP contribution in [0.15, 0.2) is 46.2 Å². The smallest absolute Gasteiger partial charge is 0.337 e. The maximum atomic E-state index is 12.1. The molecule has 0 saturated carbocycles. The normalized spacial score (nSPS) is 13.1. The molecule has 20 heavy (non-hydrogen) atoms. The van der Waals surface area contributed by atoms with E-state index in [0.29, 0.717) is 5.76 Å². The van der Waals surface area contributed by atoms with Gasteiger partial charge in [-0.2, -0.15) is 4.72 Å². The Morgan fingerprint density at radius 2 is 2.15 bits per heavy atom. The molecule has 7 nitrogen and oxygen atoms in total. The van der Waals surface area contributed by atoms with Crippen molar-refractivity contribution in [3.63, 3.8) is 0 Å². The van der Waals surface area contributed by atoms with Crippen LogP contribution in [-0.2, 0) is 10.0 Å². The highest BCUT2D eigenvalue weighted by molar-refractivity contribution is 7.89. The second kappa shape index (κ2) is 5.43. The van der Waals surface area contributed by atoms with Gasteiger partial charge in [-0.15, -0.1) is 0 Å². The van der Waals surface area contributed by atoms with Gasteiger partial charge in [0, 0.05) is 6.20 Å². The molecule has 106 valence electrons. The summed E-state index contributed by atoms with van der Waals surface area (Å²) in [6.07, 6.45) is 2.44. The average Bonchev–Trinajstić information content (AvgIpc) is 2.92. The molecular weight excluding hydrogens is 284 g/mol. The quantitative estimate of drug-likeness (QED) is 0.863. The maximum absolute atomic E-state index is 12.1. The van der Waals surface area contributed by atoms with E-state index in [2.05, 4.69) is 9.71 Å². The van der Waals surface area contributed by atoms with Crippen LogP contribution in [0.25, 0.3) is 0 Å². The van der Waals surface area contributed by atoms with Gasteiger partial charge in [-0.1, -0.05) is 0 Å². The molecule has 8 heteroatoms. The number of aromatic carboxylic acids is 1. The molecule has 0 aliphatic rings. The zero-order chi connectivity index (χ0) is 14.8. The Labute approximate surface area is 115 Å². The lowest BCUT2D eigenvalue weighted by molar-refractivity contribution is 0.0696. The number of hydrogen-bond acceptors (Lipinski definition) is 5. The fourth-order valence-corrected chi connectivity index (χ4v) is 2.70. The summed E-state index contributed by atoms with van der Waals surface area (Å²) < 4.78 is 31.6. The van der Waals surface area contributed by atoms with Crippen LogP contribution < -0.4 is 4.72 Å². The third-order valence-corrected chi connectivity index (χ3v) is 4.02. The number of rotatable bonds is 5. The van der Waals surface area contributed by atoms with Gasteiger partial charge in [0.25, 0.3) is 10.0 Å². The van der Waals surface area contributed by atoms with Crippen LogP contribution >= 0.6 is 0 Å². The topological polar surface area (TPSA) is 110 Å². The number of aromatic nitrogens is 1. The largest absolute Gasteiger partial charge is 0.478 e. The van der Waals surface area contributed by atoms with Gasteiger partial charge < -0.3 is 9.52 Å². The van der Waals surface area contributed by atoms with Gasteiger partial charge in [-0.25, -0.2) is 18.2 Å². The van der Waals surface area contributed by atoms with E-state index in [1.807, 2.05) is 0 Å². The molecule has 2 N–H and O–H groups in total. The van der Waals surface area contributed by atoms with Crippen molar-refractivity contribution in [3.05, 3.63) is 48.0 Å². The van der Waals surface area contributed by atoms with Crippen molar-refractivity contribution >= 4 is 16.0 Å². The fourth-order valence-electron chi connectivity index (χ4n) is 1.55. The van der Waals surface area contributed by atoms with E-state index in [-0.39, 0.29) is 10.6 Å². The molecule has 2 aromatic rings. The standard InChI is InChI=1S/C12H12N2O5S/c1-8(10-3-2-6-19-10)14-20(17,18)11-5-4-9(7-13-11)12(15)16/h2-8,14H,1H3,(H,15,16). The van der Waals surface area contributed by atoms with Crippen LogP contribution in [0, 0.1) is 0 Å². The molecule has 0 fully saturated rings. The third kappa shape index (κ3) is 3.03. The minimum atomic E-state index is -3.84. The van der Waals surface area contributed by atoms with Crippen molar-refractivity contribution in [3.8, 4) is 0 Å². The summed E-state index contributed by atoms with van der Waals surface area (Å²) in [6, 6.07) is 5.06. The Bertz CT molecular complexity index is 692. The van der Waals surface area contributed by atoms with E-state index in [1.165, 1.54) is 12.3 Å². The van der Waals surface area contributed by atoms with Crippen LogP contribution in [0.5, 0.6) is 0 Å². The SMILES string of the molecule is CC(NS(=O)(=O)c1ccc(C(=O)O)cn1)c1ccco1. The first-order valence-corrected chi connectivity index (χ1v) is 7.13. The van der Waals surface area contributed by atoms with Crippen molar-refractivity contribution in [1.29, 1.82) is 0 Å². The van der Waals surface area contributed by atoms with E-state index in [9.17, 15) is 13.2 Å². The van der Waals surface area contributed by atoms with Gasteiger partial charge in [0.1, 0.15) is 5.76 Å². The number of carboxylic acid groups (broad SMARTS) is 1. The number of carboxylic acids is 1. The van der Waals surface area contributed by atoms with Gasteiger partial charge >= 0.3 is 5.97 Å². The predicted molar refractivity (Wildman–Crippen MR) is 68.6 cm³/mol. The number of nitrogens with zero attached hydrogens (tertiary/aromatic N) is 1. The summed E-state index contributed by atoms with van der Waals surface area (Å²) in [5, 5.41) is 8.48. The lowest BCUT2D eigenvalue weighted by Gasteiger charge is -2.11. The van der Waals surface area contributed by atoms with Gasteiger partial charge in [0.2, 0.25) is 0 Å². The molecule has 0 saturated heterocycles. The molecule has 0 radical (unpaired) electrons. The van der Waals surface area contributed by atoms with E-state index < -0.39 is 22.0 Å². The van der Waals surface area contributed by atoms with Crippen LogP contribution in [0.2, 0.25) is 0 Å². The van der Waals surface area contributed by atoms with Crippen LogP contribution in [0.4, 0.5) is 0 Å². The summed E-state index contributed by atoms with van der Waals surface area (Å²) in [4.78, 5) is 14.3. The number of hydrogen-bond donors (Lipinski definition) is 2. The molecule has 0 spiro atoms. The molecule has 0 aliphatic heterocycles. The molecule has 0 aromatic carbocycles. The van der Waals surface area contributed by atoms with Crippen molar-refractivity contribution in [2.24, 2.45) is 0 Å². The van der Waals surface area contributed by atoms with Gasteiger partial charge in [-0.05, 0) is 31.2 Å². The summed E-state index contributed by atoms with van der Waals surface area (Å²) in [5.74, 6) is -0.700. The molecule has 1 unspecified atom stereocenters. The van der Waals surface area contributed by atoms with Crippen molar-refractivity contribution in [2.75, 3.05) is 0 Å². The lowest BCUT2D eigenvalue weighted by Crippen LogP contribution is -2.27. The molecule has 2 aromatic heterocycles. The predicted octanol–water partition coefficient (Wildman–Crippen LogP) is 1.41. The zero-order valence-electron chi connectivity index (χ0n) is 10.5. The highest BCUT2D eigenvalue weighted by atomic mass is 32.2. The second-order valence-electron chi connectivity index (χ2n) is 4.05. The van der Waals surface area contributed by atoms with Crippen LogP contribution in [0.3, 0.4) is 0 Å². The minimum Gasteiger partial charge on any atom is -0.478 e. The summed E-state index contributed by atoms with van der Waals surface area (Å²) >= 11 is 0.